The van der Waals surface area contributed by atoms with E-state index < -0.39 is 15.9 Å². The Labute approximate surface area is 141 Å². The van der Waals surface area contributed by atoms with Crippen molar-refractivity contribution < 1.29 is 18.0 Å². The van der Waals surface area contributed by atoms with Crippen LogP contribution in [-0.2, 0) is 19.6 Å². The summed E-state index contributed by atoms with van der Waals surface area (Å²) in [6.07, 6.45) is 4.23. The molecule has 0 spiro atoms. The summed E-state index contributed by atoms with van der Waals surface area (Å²) in [5.74, 6) is -1.02. The number of sulfonamides is 1. The molecule has 2 N–H and O–H groups in total. The molecule has 1 aliphatic carbocycles. The number of hydrogen-bond donors (Lipinski definition) is 2. The van der Waals surface area contributed by atoms with Gasteiger partial charge in [-0.2, -0.15) is 0 Å². The number of anilines is 1. The predicted molar refractivity (Wildman–Crippen MR) is 91.7 cm³/mol. The summed E-state index contributed by atoms with van der Waals surface area (Å²) < 4.78 is 26.2. The summed E-state index contributed by atoms with van der Waals surface area (Å²) in [4.78, 5) is 22.7. The van der Waals surface area contributed by atoms with Gasteiger partial charge in [0, 0.05) is 24.3 Å². The Morgan fingerprint density at radius 1 is 1.04 bits per heavy atom. The molecule has 0 aliphatic heterocycles. The maximum Gasteiger partial charge on any atom is 0.265 e. The van der Waals surface area contributed by atoms with E-state index in [9.17, 15) is 18.0 Å². The van der Waals surface area contributed by atoms with Crippen LogP contribution in [0.25, 0.3) is 0 Å². The third kappa shape index (κ3) is 5.41. The minimum absolute atomic E-state index is 0.0820. The van der Waals surface area contributed by atoms with E-state index in [0.717, 1.165) is 0 Å². The maximum atomic E-state index is 12.1. The number of carbonyl (C=O) groups is 2. The highest BCUT2D eigenvalue weighted by atomic mass is 32.2. The molecule has 0 heterocycles. The summed E-state index contributed by atoms with van der Waals surface area (Å²) in [5.41, 5.74) is 5.82. The second-order valence-corrected chi connectivity index (χ2v) is 6.04. The highest BCUT2D eigenvalue weighted by Crippen LogP contribution is 2.14. The van der Waals surface area contributed by atoms with E-state index in [1.165, 1.54) is 49.4 Å². The van der Waals surface area contributed by atoms with Gasteiger partial charge < -0.3 is 5.32 Å². The molecule has 0 fully saturated rings. The molecule has 0 atom stereocenters. The monoisotopic (exact) mass is 346 g/mol. The van der Waals surface area contributed by atoms with Gasteiger partial charge in [-0.3, -0.25) is 9.59 Å². The van der Waals surface area contributed by atoms with Crippen molar-refractivity contribution in [1.29, 1.82) is 0 Å². The molecule has 0 aromatic heterocycles. The lowest BCUT2D eigenvalue weighted by atomic mass is 10.2. The highest BCUT2D eigenvalue weighted by Gasteiger charge is 2.19. The summed E-state index contributed by atoms with van der Waals surface area (Å²) >= 11 is 0. The Hall–Kier alpha value is -2.85. The van der Waals surface area contributed by atoms with Gasteiger partial charge in [0.2, 0.25) is 5.91 Å². The molecule has 0 unspecified atom stereocenters. The number of amides is 2. The number of carbonyl (C=O) groups excluding carboxylic acids is 2. The van der Waals surface area contributed by atoms with Gasteiger partial charge in [0.25, 0.3) is 15.9 Å². The normalized spacial score (nSPS) is 11.9. The molecular formula is C17H18N2O4S. The van der Waals surface area contributed by atoms with Crippen molar-refractivity contribution >= 4 is 27.5 Å². The van der Waals surface area contributed by atoms with Crippen molar-refractivity contribution in [2.75, 3.05) is 5.32 Å². The third-order valence-corrected chi connectivity index (χ3v) is 3.98. The number of benzene rings is 1. The van der Waals surface area contributed by atoms with Gasteiger partial charge in [0.1, 0.15) is 0 Å². The van der Waals surface area contributed by atoms with Crippen molar-refractivity contribution in [3.63, 3.8) is 0 Å². The molecule has 0 bridgehead atoms. The minimum atomic E-state index is -3.99. The molecule has 2 amide bonds. The van der Waals surface area contributed by atoms with Crippen LogP contribution in [0.1, 0.15) is 20.8 Å². The van der Waals surface area contributed by atoms with Crippen molar-refractivity contribution in [3.05, 3.63) is 59.5 Å². The summed E-state index contributed by atoms with van der Waals surface area (Å²) in [6.45, 7) is 5.35. The molecule has 6 nitrogen and oxygen atoms in total. The van der Waals surface area contributed by atoms with Crippen LogP contribution < -0.4 is 10.0 Å². The van der Waals surface area contributed by atoms with Crippen LogP contribution >= 0.6 is 0 Å². The van der Waals surface area contributed by atoms with E-state index in [2.05, 4.69) is 16.8 Å². The zero-order valence-electron chi connectivity index (χ0n) is 13.6. The minimum Gasteiger partial charge on any atom is -0.326 e. The van der Waals surface area contributed by atoms with Crippen molar-refractivity contribution in [1.82, 2.24) is 4.72 Å². The molecule has 2 rings (SSSR count). The van der Waals surface area contributed by atoms with E-state index in [0.29, 0.717) is 5.69 Å². The maximum absolute atomic E-state index is 12.1. The Balaban J connectivity index is 0.00000139. The van der Waals surface area contributed by atoms with Crippen molar-refractivity contribution in [2.45, 2.75) is 25.7 Å². The first kappa shape index (κ1) is 19.2. The average molecular weight is 346 g/mol. The van der Waals surface area contributed by atoms with E-state index >= 15 is 0 Å². The molecule has 0 radical (unpaired) electrons. The second-order valence-electron chi connectivity index (χ2n) is 4.36. The predicted octanol–water partition coefficient (Wildman–Crippen LogP) is 2.28. The fraction of sp³-hybridized carbons (Fsp3) is 0.176. The third-order valence-electron chi connectivity index (χ3n) is 2.63. The largest absolute Gasteiger partial charge is 0.326 e. The zero-order valence-corrected chi connectivity index (χ0v) is 14.4. The first-order chi connectivity index (χ1) is 11.4. The molecule has 24 heavy (non-hydrogen) atoms. The fourth-order valence-electron chi connectivity index (χ4n) is 1.65. The Kier molecular flexibility index (Phi) is 6.96. The number of nitrogens with one attached hydrogen (secondary N) is 2. The topological polar surface area (TPSA) is 92.3 Å². The van der Waals surface area contributed by atoms with Crippen LogP contribution in [0.4, 0.5) is 5.69 Å². The first-order valence-corrected chi connectivity index (χ1v) is 8.69. The summed E-state index contributed by atoms with van der Waals surface area (Å²) in [6, 6.07) is 5.47. The molecule has 126 valence electrons. The first-order valence-electron chi connectivity index (χ1n) is 7.21. The van der Waals surface area contributed by atoms with Gasteiger partial charge in [-0.25, -0.2) is 13.1 Å². The molecule has 7 heteroatoms. The molecular weight excluding hydrogens is 328 g/mol. The molecule has 1 aromatic rings. The van der Waals surface area contributed by atoms with Crippen LogP contribution in [0.5, 0.6) is 0 Å². The second kappa shape index (κ2) is 8.70. The number of allylic oxidation sites excluding steroid dienone is 2. The standard InChI is InChI=1S/C15H12N2O4S.C2H6/c1-11(18)16-13-7-9-14(10-8-13)22(20,21)17-15(19)12-5-3-2-4-6-12;1-2/h3,5-10H,1H3,(H,16,18)(H,17,19);1-2H3. The van der Waals surface area contributed by atoms with Crippen LogP contribution in [0, 0.1) is 0 Å². The number of rotatable bonds is 4. The van der Waals surface area contributed by atoms with Gasteiger partial charge in [-0.05, 0) is 36.4 Å². The Morgan fingerprint density at radius 3 is 2.17 bits per heavy atom. The summed E-state index contributed by atoms with van der Waals surface area (Å²) in [5, 5.41) is 2.52. The Bertz CT molecular complexity index is 852. The molecule has 1 aliphatic rings. The quantitative estimate of drug-likeness (QED) is 0.818. The smallest absolute Gasteiger partial charge is 0.265 e. The van der Waals surface area contributed by atoms with E-state index in [-0.39, 0.29) is 16.4 Å². The molecule has 0 saturated heterocycles. The SMILES string of the molecule is CC.CC(=O)Nc1ccc(S(=O)(=O)NC(=O)C2=CC=C=C=C2)cc1. The van der Waals surface area contributed by atoms with Crippen LogP contribution in [-0.4, -0.2) is 20.2 Å². The van der Waals surface area contributed by atoms with E-state index in [4.69, 9.17) is 0 Å². The van der Waals surface area contributed by atoms with Gasteiger partial charge >= 0.3 is 0 Å². The van der Waals surface area contributed by atoms with Crippen molar-refractivity contribution in [2.24, 2.45) is 0 Å². The van der Waals surface area contributed by atoms with Gasteiger partial charge in [0.05, 0.1) is 4.90 Å². The lowest BCUT2D eigenvalue weighted by molar-refractivity contribution is -0.115. The van der Waals surface area contributed by atoms with Gasteiger partial charge in [-0.15, -0.1) is 0 Å². The Morgan fingerprint density at radius 2 is 1.67 bits per heavy atom. The van der Waals surface area contributed by atoms with Crippen LogP contribution in [0.15, 0.2) is 64.4 Å². The average Bonchev–Trinajstić information content (AvgIpc) is 2.57. The van der Waals surface area contributed by atoms with E-state index in [1.807, 2.05) is 18.6 Å². The zero-order chi connectivity index (χ0) is 18.2. The van der Waals surface area contributed by atoms with Crippen LogP contribution in [0.3, 0.4) is 0 Å². The molecule has 0 saturated carbocycles. The van der Waals surface area contributed by atoms with E-state index in [1.54, 1.807) is 0 Å². The van der Waals surface area contributed by atoms with Gasteiger partial charge in [0.15, 0.2) is 0 Å². The highest BCUT2D eigenvalue weighted by molar-refractivity contribution is 7.90. The lowest BCUT2D eigenvalue weighted by Crippen LogP contribution is -2.31. The van der Waals surface area contributed by atoms with Gasteiger partial charge in [-0.1, -0.05) is 25.3 Å². The summed E-state index contributed by atoms with van der Waals surface area (Å²) in [7, 11) is -3.99. The van der Waals surface area contributed by atoms with Crippen molar-refractivity contribution in [3.8, 4) is 0 Å². The fourth-order valence-corrected chi connectivity index (χ4v) is 2.62. The lowest BCUT2D eigenvalue weighted by Gasteiger charge is -2.08. The molecule has 1 aromatic carbocycles. The van der Waals surface area contributed by atoms with Crippen LogP contribution in [0.2, 0.25) is 0 Å². The number of hydrogen-bond acceptors (Lipinski definition) is 4.